The Hall–Kier alpha value is -2.64. The molecule has 4 heterocycles. The zero-order chi connectivity index (χ0) is 22.2. The van der Waals surface area contributed by atoms with Gasteiger partial charge >= 0.3 is 0 Å². The van der Waals surface area contributed by atoms with E-state index in [0.29, 0.717) is 5.92 Å². The summed E-state index contributed by atoms with van der Waals surface area (Å²) in [6.45, 7) is 4.77. The Balaban J connectivity index is 1.09. The fourth-order valence-electron chi connectivity index (χ4n) is 5.04. The molecule has 1 aromatic carbocycles. The molecule has 3 aromatic heterocycles. The second-order valence-electron chi connectivity index (χ2n) is 9.38. The molecular formula is C26H29N5OS. The molecule has 1 fully saturated rings. The highest BCUT2D eigenvalue weighted by molar-refractivity contribution is 7.99. The quantitative estimate of drug-likeness (QED) is 0.394. The molecule has 0 amide bonds. The topological polar surface area (TPSA) is 70.8 Å². The molecule has 0 unspecified atom stereocenters. The van der Waals surface area contributed by atoms with E-state index in [0.717, 1.165) is 58.9 Å². The third kappa shape index (κ3) is 4.57. The molecule has 6 rings (SSSR count). The number of aryl methyl sites for hydroxylation is 1. The van der Waals surface area contributed by atoms with Crippen LogP contribution >= 0.6 is 11.8 Å². The number of hydrogen-bond donors (Lipinski definition) is 1. The second kappa shape index (κ2) is 8.95. The predicted octanol–water partition coefficient (Wildman–Crippen LogP) is 6.01. The van der Waals surface area contributed by atoms with Crippen LogP contribution < -0.4 is 0 Å². The van der Waals surface area contributed by atoms with Crippen LogP contribution in [0.3, 0.4) is 0 Å². The van der Waals surface area contributed by atoms with Crippen molar-refractivity contribution in [1.29, 1.82) is 0 Å². The highest BCUT2D eigenvalue weighted by Crippen LogP contribution is 2.32. The van der Waals surface area contributed by atoms with Gasteiger partial charge in [-0.2, -0.15) is 0 Å². The third-order valence-corrected chi connectivity index (χ3v) is 7.64. The normalized spacial score (nSPS) is 17.5. The number of aromatic amines is 1. The van der Waals surface area contributed by atoms with E-state index in [2.05, 4.69) is 52.3 Å². The molecule has 0 spiro atoms. The first kappa shape index (κ1) is 20.9. The lowest BCUT2D eigenvalue weighted by Gasteiger charge is -2.28. The van der Waals surface area contributed by atoms with Crippen molar-refractivity contribution in [3.8, 4) is 0 Å². The van der Waals surface area contributed by atoms with Crippen molar-refractivity contribution in [2.75, 3.05) is 6.54 Å². The maximum absolute atomic E-state index is 6.13. The first-order valence-electron chi connectivity index (χ1n) is 12.0. The van der Waals surface area contributed by atoms with Crippen LogP contribution in [0.4, 0.5) is 0 Å². The Labute approximate surface area is 198 Å². The lowest BCUT2D eigenvalue weighted by Crippen LogP contribution is -2.31. The largest absolute Gasteiger partial charge is 0.453 e. The number of aromatic nitrogens is 4. The molecule has 7 heteroatoms. The molecule has 1 aliphatic carbocycles. The smallest absolute Gasteiger partial charge is 0.174 e. The minimum atomic E-state index is 0.567. The summed E-state index contributed by atoms with van der Waals surface area (Å²) in [6, 6.07) is 10.4. The van der Waals surface area contributed by atoms with Crippen LogP contribution in [-0.4, -0.2) is 31.4 Å². The van der Waals surface area contributed by atoms with Gasteiger partial charge in [0.25, 0.3) is 0 Å². The van der Waals surface area contributed by atoms with Gasteiger partial charge in [0.15, 0.2) is 10.2 Å². The molecule has 0 atom stereocenters. The van der Waals surface area contributed by atoms with Gasteiger partial charge < -0.3 is 9.40 Å². The lowest BCUT2D eigenvalue weighted by atomic mass is 9.88. The van der Waals surface area contributed by atoms with Gasteiger partial charge in [0.05, 0.1) is 17.6 Å². The molecular weight excluding hydrogens is 430 g/mol. The Bertz CT molecular complexity index is 1270. The van der Waals surface area contributed by atoms with Crippen molar-refractivity contribution in [3.63, 3.8) is 0 Å². The van der Waals surface area contributed by atoms with E-state index in [9.17, 15) is 0 Å². The van der Waals surface area contributed by atoms with Crippen LogP contribution in [-0.2, 0) is 19.5 Å². The lowest BCUT2D eigenvalue weighted by molar-refractivity contribution is 0.217. The molecule has 1 N–H and O–H groups in total. The first-order chi connectivity index (χ1) is 16.2. The van der Waals surface area contributed by atoms with Crippen molar-refractivity contribution in [3.05, 3.63) is 64.9 Å². The molecule has 2 aliphatic rings. The monoisotopic (exact) mass is 459 g/mol. The van der Waals surface area contributed by atoms with Crippen LogP contribution in [0.25, 0.3) is 11.0 Å². The zero-order valence-electron chi connectivity index (χ0n) is 19.0. The summed E-state index contributed by atoms with van der Waals surface area (Å²) in [7, 11) is 0. The van der Waals surface area contributed by atoms with Crippen molar-refractivity contribution in [2.24, 2.45) is 0 Å². The highest BCUT2D eigenvalue weighted by Gasteiger charge is 2.23. The van der Waals surface area contributed by atoms with E-state index in [-0.39, 0.29) is 0 Å². The molecule has 1 saturated carbocycles. The predicted molar refractivity (Wildman–Crippen MR) is 129 cm³/mol. The van der Waals surface area contributed by atoms with Crippen LogP contribution in [0.15, 0.2) is 51.2 Å². The maximum atomic E-state index is 6.13. The van der Waals surface area contributed by atoms with E-state index in [1.807, 2.05) is 6.07 Å². The summed E-state index contributed by atoms with van der Waals surface area (Å²) < 4.78 is 6.13. The van der Waals surface area contributed by atoms with Gasteiger partial charge in [0, 0.05) is 42.9 Å². The molecule has 1 aliphatic heterocycles. The summed E-state index contributed by atoms with van der Waals surface area (Å²) >= 11 is 1.53. The van der Waals surface area contributed by atoms with E-state index in [1.54, 1.807) is 0 Å². The van der Waals surface area contributed by atoms with Crippen molar-refractivity contribution in [1.82, 2.24) is 24.8 Å². The summed E-state index contributed by atoms with van der Waals surface area (Å²) in [5.41, 5.74) is 5.78. The number of fused-ring (bicyclic) bond motifs is 2. The number of hydrogen-bond acceptors (Lipinski definition) is 6. The second-order valence-corrected chi connectivity index (χ2v) is 10.4. The highest BCUT2D eigenvalue weighted by atomic mass is 32.2. The number of imidazole rings is 1. The van der Waals surface area contributed by atoms with Crippen molar-refractivity contribution in [2.45, 2.75) is 74.7 Å². The summed E-state index contributed by atoms with van der Waals surface area (Å²) in [4.78, 5) is 20.2. The average Bonchev–Trinajstić information content (AvgIpc) is 3.45. The fraction of sp³-hybridized carbons (Fsp3) is 0.423. The van der Waals surface area contributed by atoms with E-state index < -0.39 is 0 Å². The van der Waals surface area contributed by atoms with Gasteiger partial charge in [0.2, 0.25) is 0 Å². The number of nitrogens with zero attached hydrogens (tertiary/aromatic N) is 4. The van der Waals surface area contributed by atoms with Gasteiger partial charge in [0.1, 0.15) is 11.6 Å². The third-order valence-electron chi connectivity index (χ3n) is 6.83. The Morgan fingerprint density at radius 3 is 2.94 bits per heavy atom. The molecule has 4 aromatic rings. The standard InChI is InChI=1S/C26H29N5OS/c1-17-7-9-22-23(13-17)30-26(29-22)33-24-10-8-20(32-24)16-31-12-11-21-19(15-31)14-27-25(28-21)18-5-3-2-4-6-18/h7-10,13-14,18H,2-6,11-12,15-16H2,1H3,(H,29,30). The number of rotatable bonds is 5. The molecule has 170 valence electrons. The van der Waals surface area contributed by atoms with Crippen LogP contribution in [0, 0.1) is 6.92 Å². The maximum Gasteiger partial charge on any atom is 0.174 e. The van der Waals surface area contributed by atoms with Crippen LogP contribution in [0.2, 0.25) is 0 Å². The minimum Gasteiger partial charge on any atom is -0.453 e. The van der Waals surface area contributed by atoms with Gasteiger partial charge in [-0.3, -0.25) is 4.90 Å². The Morgan fingerprint density at radius 2 is 2.03 bits per heavy atom. The van der Waals surface area contributed by atoms with E-state index in [4.69, 9.17) is 14.4 Å². The molecule has 0 radical (unpaired) electrons. The van der Waals surface area contributed by atoms with Gasteiger partial charge in [-0.15, -0.1) is 0 Å². The first-order valence-corrected chi connectivity index (χ1v) is 12.8. The number of benzene rings is 1. The van der Waals surface area contributed by atoms with Crippen LogP contribution in [0.1, 0.15) is 66.4 Å². The Kier molecular flexibility index (Phi) is 5.68. The molecule has 0 saturated heterocycles. The number of nitrogens with one attached hydrogen (secondary N) is 1. The van der Waals surface area contributed by atoms with E-state index >= 15 is 0 Å². The average molecular weight is 460 g/mol. The Morgan fingerprint density at radius 1 is 1.12 bits per heavy atom. The molecule has 0 bridgehead atoms. The van der Waals surface area contributed by atoms with Gasteiger partial charge in [-0.25, -0.2) is 15.0 Å². The summed E-state index contributed by atoms with van der Waals surface area (Å²) in [5.74, 6) is 2.62. The SMILES string of the molecule is Cc1ccc2nc(Sc3ccc(CN4CCc5nc(C6CCCCC6)ncc5C4)o3)[nH]c2c1. The van der Waals surface area contributed by atoms with Gasteiger partial charge in [-0.1, -0.05) is 25.3 Å². The van der Waals surface area contributed by atoms with Crippen molar-refractivity contribution < 1.29 is 4.42 Å². The molecule has 6 nitrogen and oxygen atoms in total. The number of H-pyrrole nitrogens is 1. The zero-order valence-corrected chi connectivity index (χ0v) is 19.8. The van der Waals surface area contributed by atoms with Gasteiger partial charge in [-0.05, 0) is 61.4 Å². The fourth-order valence-corrected chi connectivity index (χ4v) is 5.82. The van der Waals surface area contributed by atoms with Crippen molar-refractivity contribution >= 4 is 22.8 Å². The molecule has 33 heavy (non-hydrogen) atoms. The number of furan rings is 1. The van der Waals surface area contributed by atoms with E-state index in [1.165, 1.54) is 60.7 Å². The summed E-state index contributed by atoms with van der Waals surface area (Å²) in [5, 5.41) is 1.72. The van der Waals surface area contributed by atoms with Crippen LogP contribution in [0.5, 0.6) is 0 Å². The minimum absolute atomic E-state index is 0.567. The summed E-state index contributed by atoms with van der Waals surface area (Å²) in [6.07, 6.45) is 9.55.